The topological polar surface area (TPSA) is 29.5 Å². The van der Waals surface area contributed by atoms with Gasteiger partial charge in [-0.05, 0) is 32.1 Å². The molecule has 3 heteroatoms. The molecule has 3 nitrogen and oxygen atoms in total. The van der Waals surface area contributed by atoms with E-state index < -0.39 is 0 Å². The van der Waals surface area contributed by atoms with E-state index in [9.17, 15) is 4.79 Å². The molecule has 0 radical (unpaired) electrons. The van der Waals surface area contributed by atoms with Crippen LogP contribution in [0.5, 0.6) is 0 Å². The summed E-state index contributed by atoms with van der Waals surface area (Å²) in [7, 11) is 0. The van der Waals surface area contributed by atoms with Crippen LogP contribution in [0.25, 0.3) is 0 Å². The number of amides is 1. The van der Waals surface area contributed by atoms with Crippen LogP contribution in [0.15, 0.2) is 11.6 Å². The monoisotopic (exact) mass is 221 g/mol. The van der Waals surface area contributed by atoms with Crippen molar-refractivity contribution < 1.29 is 9.53 Å². The molecule has 2 saturated heterocycles. The number of likely N-dealkylation sites (tertiary alicyclic amines) is 1. The van der Waals surface area contributed by atoms with Gasteiger partial charge in [-0.1, -0.05) is 11.6 Å². The van der Waals surface area contributed by atoms with Crippen LogP contribution in [0.2, 0.25) is 0 Å². The second kappa shape index (κ2) is 3.88. The maximum atomic E-state index is 12.1. The van der Waals surface area contributed by atoms with Crippen molar-refractivity contribution in [3.63, 3.8) is 0 Å². The van der Waals surface area contributed by atoms with Gasteiger partial charge >= 0.3 is 0 Å². The summed E-state index contributed by atoms with van der Waals surface area (Å²) in [5, 5.41) is 0. The molecule has 2 fully saturated rings. The van der Waals surface area contributed by atoms with Gasteiger partial charge in [-0.2, -0.15) is 0 Å². The molecule has 0 aromatic carbocycles. The number of hydrogen-bond donors (Lipinski definition) is 0. The lowest BCUT2D eigenvalue weighted by Crippen LogP contribution is -2.72. The number of carbonyl (C=O) groups is 1. The third-order valence-electron chi connectivity index (χ3n) is 4.18. The molecule has 1 amide bonds. The van der Waals surface area contributed by atoms with Gasteiger partial charge in [0.05, 0.1) is 18.8 Å². The Morgan fingerprint density at radius 2 is 2.31 bits per heavy atom. The molecular weight excluding hydrogens is 202 g/mol. The van der Waals surface area contributed by atoms with E-state index in [0.717, 1.165) is 39.0 Å². The minimum atomic E-state index is 0.117. The Balaban J connectivity index is 1.59. The Kier molecular flexibility index (Phi) is 2.51. The zero-order valence-corrected chi connectivity index (χ0v) is 9.71. The summed E-state index contributed by atoms with van der Waals surface area (Å²) in [5.74, 6) is 0.322. The van der Waals surface area contributed by atoms with E-state index in [4.69, 9.17) is 4.74 Å². The van der Waals surface area contributed by atoms with Crippen molar-refractivity contribution >= 4 is 5.91 Å². The van der Waals surface area contributed by atoms with Crippen LogP contribution >= 0.6 is 0 Å². The van der Waals surface area contributed by atoms with Gasteiger partial charge in [-0.25, -0.2) is 0 Å². The van der Waals surface area contributed by atoms with Crippen molar-refractivity contribution in [3.8, 4) is 0 Å². The fourth-order valence-corrected chi connectivity index (χ4v) is 2.92. The van der Waals surface area contributed by atoms with Gasteiger partial charge in [0.1, 0.15) is 0 Å². The zero-order chi connectivity index (χ0) is 11.0. The first-order chi connectivity index (χ1) is 7.80. The summed E-state index contributed by atoms with van der Waals surface area (Å²) in [5.41, 5.74) is 1.48. The lowest BCUT2D eigenvalue weighted by Gasteiger charge is -2.57. The molecule has 0 aromatic rings. The molecule has 1 aliphatic carbocycles. The number of rotatable bonds is 2. The molecule has 3 aliphatic rings. The van der Waals surface area contributed by atoms with Crippen molar-refractivity contribution in [2.45, 2.75) is 44.1 Å². The van der Waals surface area contributed by atoms with E-state index >= 15 is 0 Å². The van der Waals surface area contributed by atoms with E-state index in [0.29, 0.717) is 12.3 Å². The molecule has 0 bridgehead atoms. The Labute approximate surface area is 96.4 Å². The SMILES string of the molecule is O=C(CC1=CCCCC1)N1CCC12COC2. The zero-order valence-electron chi connectivity index (χ0n) is 9.71. The molecule has 2 heterocycles. The number of hydrogen-bond acceptors (Lipinski definition) is 2. The first-order valence-corrected chi connectivity index (χ1v) is 6.36. The number of nitrogens with zero attached hydrogens (tertiary/aromatic N) is 1. The second-order valence-corrected chi connectivity index (χ2v) is 5.30. The van der Waals surface area contributed by atoms with E-state index in [2.05, 4.69) is 6.08 Å². The molecule has 0 saturated carbocycles. The number of carbonyl (C=O) groups excluding carboxylic acids is 1. The van der Waals surface area contributed by atoms with Crippen molar-refractivity contribution in [2.24, 2.45) is 0 Å². The van der Waals surface area contributed by atoms with Crippen molar-refractivity contribution in [3.05, 3.63) is 11.6 Å². The smallest absolute Gasteiger partial charge is 0.227 e. The highest BCUT2D eigenvalue weighted by Gasteiger charge is 2.52. The highest BCUT2D eigenvalue weighted by Crippen LogP contribution is 2.38. The van der Waals surface area contributed by atoms with E-state index in [1.807, 2.05) is 4.90 Å². The lowest BCUT2D eigenvalue weighted by atomic mass is 9.82. The normalized spacial score (nSPS) is 27.0. The number of ether oxygens (including phenoxy) is 1. The molecule has 0 N–H and O–H groups in total. The molecular formula is C13H19NO2. The fraction of sp³-hybridized carbons (Fsp3) is 0.769. The molecule has 88 valence electrons. The second-order valence-electron chi connectivity index (χ2n) is 5.30. The van der Waals surface area contributed by atoms with Gasteiger partial charge in [-0.15, -0.1) is 0 Å². The molecule has 0 unspecified atom stereocenters. The average Bonchev–Trinajstić information content (AvgIpc) is 2.14. The van der Waals surface area contributed by atoms with Crippen LogP contribution in [0.1, 0.15) is 38.5 Å². The predicted molar refractivity (Wildman–Crippen MR) is 61.0 cm³/mol. The van der Waals surface area contributed by atoms with E-state index in [1.165, 1.54) is 18.4 Å². The van der Waals surface area contributed by atoms with Crippen LogP contribution in [0.3, 0.4) is 0 Å². The third kappa shape index (κ3) is 1.58. The summed E-state index contributed by atoms with van der Waals surface area (Å²) < 4.78 is 5.24. The highest BCUT2D eigenvalue weighted by atomic mass is 16.5. The molecule has 2 aliphatic heterocycles. The van der Waals surface area contributed by atoms with Crippen LogP contribution in [0.4, 0.5) is 0 Å². The summed E-state index contributed by atoms with van der Waals surface area (Å²) >= 11 is 0. The van der Waals surface area contributed by atoms with Gasteiger partial charge in [-0.3, -0.25) is 4.79 Å². The van der Waals surface area contributed by atoms with Crippen LogP contribution < -0.4 is 0 Å². The molecule has 16 heavy (non-hydrogen) atoms. The molecule has 3 rings (SSSR count). The molecule has 1 spiro atoms. The van der Waals surface area contributed by atoms with Crippen molar-refractivity contribution in [2.75, 3.05) is 19.8 Å². The van der Waals surface area contributed by atoms with Crippen molar-refractivity contribution in [1.29, 1.82) is 0 Å². The number of allylic oxidation sites excluding steroid dienone is 1. The first-order valence-electron chi connectivity index (χ1n) is 6.36. The first kappa shape index (κ1) is 10.3. The van der Waals surface area contributed by atoms with Gasteiger partial charge in [0.25, 0.3) is 0 Å². The molecule has 0 aromatic heterocycles. The van der Waals surface area contributed by atoms with Gasteiger partial charge in [0.15, 0.2) is 0 Å². The standard InChI is InChI=1S/C13H19NO2/c15-12(8-11-4-2-1-3-5-11)14-7-6-13(14)9-16-10-13/h4H,1-3,5-10H2. The van der Waals surface area contributed by atoms with E-state index in [-0.39, 0.29) is 5.54 Å². The van der Waals surface area contributed by atoms with Gasteiger partial charge in [0.2, 0.25) is 5.91 Å². The summed E-state index contributed by atoms with van der Waals surface area (Å²) in [6, 6.07) is 0. The van der Waals surface area contributed by atoms with Crippen LogP contribution in [-0.2, 0) is 9.53 Å². The Bertz CT molecular complexity index is 325. The highest BCUT2D eigenvalue weighted by molar-refractivity contribution is 5.80. The third-order valence-corrected chi connectivity index (χ3v) is 4.18. The predicted octanol–water partition coefficient (Wildman–Crippen LogP) is 1.88. The fourth-order valence-electron chi connectivity index (χ4n) is 2.92. The maximum absolute atomic E-state index is 12.1. The van der Waals surface area contributed by atoms with Crippen LogP contribution in [0, 0.1) is 0 Å². The summed E-state index contributed by atoms with van der Waals surface area (Å²) in [6.45, 7) is 2.46. The average molecular weight is 221 g/mol. The van der Waals surface area contributed by atoms with Gasteiger partial charge < -0.3 is 9.64 Å². The summed E-state index contributed by atoms with van der Waals surface area (Å²) in [4.78, 5) is 14.2. The minimum absolute atomic E-state index is 0.117. The Morgan fingerprint density at radius 3 is 2.81 bits per heavy atom. The van der Waals surface area contributed by atoms with Crippen molar-refractivity contribution in [1.82, 2.24) is 4.90 Å². The Morgan fingerprint density at radius 1 is 1.44 bits per heavy atom. The van der Waals surface area contributed by atoms with Gasteiger partial charge in [0, 0.05) is 13.0 Å². The Hall–Kier alpha value is -0.830. The largest absolute Gasteiger partial charge is 0.376 e. The molecule has 0 atom stereocenters. The maximum Gasteiger partial charge on any atom is 0.227 e. The quantitative estimate of drug-likeness (QED) is 0.666. The minimum Gasteiger partial charge on any atom is -0.376 e. The lowest BCUT2D eigenvalue weighted by molar-refractivity contribution is -0.199. The summed E-state index contributed by atoms with van der Waals surface area (Å²) in [6.07, 6.45) is 8.90. The van der Waals surface area contributed by atoms with E-state index in [1.54, 1.807) is 0 Å². The van der Waals surface area contributed by atoms with Crippen LogP contribution in [-0.4, -0.2) is 36.1 Å².